The zero-order valence-corrected chi connectivity index (χ0v) is 6.42. The lowest BCUT2D eigenvalue weighted by atomic mass is 10.2. The molecule has 0 aliphatic rings. The third-order valence-electron chi connectivity index (χ3n) is 1.40. The first-order valence-corrected chi connectivity index (χ1v) is 3.64. The molecule has 0 atom stereocenters. The lowest BCUT2D eigenvalue weighted by molar-refractivity contribution is 0.472. The summed E-state index contributed by atoms with van der Waals surface area (Å²) in [6.45, 7) is 2.02. The van der Waals surface area contributed by atoms with Crippen LogP contribution in [0.3, 0.4) is 0 Å². The Hall–Kier alpha value is -1.25. The van der Waals surface area contributed by atoms with Crippen molar-refractivity contribution in [1.82, 2.24) is 4.98 Å². The van der Waals surface area contributed by atoms with Gasteiger partial charge in [0.1, 0.15) is 5.75 Å². The first-order chi connectivity index (χ1) is 5.22. The number of rotatable bonds is 2. The number of pyridine rings is 1. The summed E-state index contributed by atoms with van der Waals surface area (Å²) in [4.78, 5) is 13.4. The van der Waals surface area contributed by atoms with Gasteiger partial charge in [-0.3, -0.25) is 4.79 Å². The monoisotopic (exact) mass is 153 g/mol. The number of H-pyrrole nitrogens is 1. The number of hydrogen-bond donors (Lipinski definition) is 2. The van der Waals surface area contributed by atoms with Crippen molar-refractivity contribution >= 4 is 0 Å². The van der Waals surface area contributed by atoms with E-state index in [-0.39, 0.29) is 11.3 Å². The Morgan fingerprint density at radius 2 is 2.27 bits per heavy atom. The molecule has 0 bridgehead atoms. The number of aromatic nitrogens is 1. The quantitative estimate of drug-likeness (QED) is 0.666. The van der Waals surface area contributed by atoms with Crippen molar-refractivity contribution in [3.05, 3.63) is 28.2 Å². The summed E-state index contributed by atoms with van der Waals surface area (Å²) in [5.41, 5.74) is 0.547. The molecule has 0 aliphatic heterocycles. The maximum absolute atomic E-state index is 10.8. The van der Waals surface area contributed by atoms with Gasteiger partial charge in [-0.05, 0) is 12.5 Å². The molecule has 2 N–H and O–H groups in total. The van der Waals surface area contributed by atoms with E-state index in [0.29, 0.717) is 0 Å². The minimum absolute atomic E-state index is 0.0391. The molecule has 3 heteroatoms. The van der Waals surface area contributed by atoms with E-state index in [1.165, 1.54) is 6.07 Å². The van der Waals surface area contributed by atoms with Gasteiger partial charge in [-0.25, -0.2) is 0 Å². The molecular formula is C8H11NO2. The maximum Gasteiger partial charge on any atom is 0.251 e. The number of aryl methyl sites for hydroxylation is 1. The molecule has 0 fully saturated rings. The number of nitrogens with one attached hydrogen (secondary N) is 1. The Labute approximate surface area is 64.7 Å². The van der Waals surface area contributed by atoms with Gasteiger partial charge in [0.05, 0.1) is 0 Å². The third-order valence-corrected chi connectivity index (χ3v) is 1.40. The van der Waals surface area contributed by atoms with Crippen LogP contribution in [0.2, 0.25) is 0 Å². The fraction of sp³-hybridized carbons (Fsp3) is 0.375. The predicted molar refractivity (Wildman–Crippen MR) is 42.7 cm³/mol. The molecule has 0 unspecified atom stereocenters. The molecule has 3 nitrogen and oxygen atoms in total. The van der Waals surface area contributed by atoms with Crippen LogP contribution in [-0.2, 0) is 6.42 Å². The molecule has 0 saturated carbocycles. The van der Waals surface area contributed by atoms with E-state index < -0.39 is 0 Å². The van der Waals surface area contributed by atoms with Gasteiger partial charge in [-0.15, -0.1) is 0 Å². The van der Waals surface area contributed by atoms with Crippen molar-refractivity contribution in [1.29, 1.82) is 0 Å². The summed E-state index contributed by atoms with van der Waals surface area (Å²) in [7, 11) is 0. The second kappa shape index (κ2) is 3.23. The largest absolute Gasteiger partial charge is 0.508 e. The molecule has 0 aromatic carbocycles. The summed E-state index contributed by atoms with van der Waals surface area (Å²) >= 11 is 0. The van der Waals surface area contributed by atoms with Crippen molar-refractivity contribution < 1.29 is 5.11 Å². The molecule has 0 aliphatic carbocycles. The zero-order chi connectivity index (χ0) is 8.27. The summed E-state index contributed by atoms with van der Waals surface area (Å²) in [6.07, 6.45) is 1.75. The molecule has 1 heterocycles. The molecule has 0 radical (unpaired) electrons. The van der Waals surface area contributed by atoms with Crippen LogP contribution in [0, 0.1) is 0 Å². The van der Waals surface area contributed by atoms with Crippen molar-refractivity contribution in [2.45, 2.75) is 19.8 Å². The summed E-state index contributed by atoms with van der Waals surface area (Å²) in [5, 5.41) is 9.00. The molecule has 0 amide bonds. The second-order valence-corrected chi connectivity index (χ2v) is 2.48. The molecule has 1 aromatic rings. The second-order valence-electron chi connectivity index (χ2n) is 2.48. The Balaban J connectivity index is 2.99. The van der Waals surface area contributed by atoms with Gasteiger partial charge in [-0.2, -0.15) is 0 Å². The Kier molecular flexibility index (Phi) is 2.31. The summed E-state index contributed by atoms with van der Waals surface area (Å²) < 4.78 is 0. The van der Waals surface area contributed by atoms with Gasteiger partial charge in [0.2, 0.25) is 0 Å². The van der Waals surface area contributed by atoms with E-state index in [2.05, 4.69) is 4.98 Å². The van der Waals surface area contributed by atoms with Crippen LogP contribution in [0.4, 0.5) is 0 Å². The van der Waals surface area contributed by atoms with E-state index in [4.69, 9.17) is 5.11 Å². The number of aromatic hydroxyl groups is 1. The topological polar surface area (TPSA) is 53.1 Å². The molecular weight excluding hydrogens is 142 g/mol. The van der Waals surface area contributed by atoms with Crippen LogP contribution in [-0.4, -0.2) is 10.1 Å². The number of hydrogen-bond acceptors (Lipinski definition) is 2. The first-order valence-electron chi connectivity index (χ1n) is 3.64. The highest BCUT2D eigenvalue weighted by Crippen LogP contribution is 2.06. The van der Waals surface area contributed by atoms with Crippen LogP contribution in [0.15, 0.2) is 16.9 Å². The van der Waals surface area contributed by atoms with E-state index in [9.17, 15) is 4.79 Å². The minimum atomic E-state index is -0.242. The molecule has 60 valence electrons. The molecule has 0 spiro atoms. The Morgan fingerprint density at radius 3 is 2.82 bits per heavy atom. The van der Waals surface area contributed by atoms with E-state index >= 15 is 0 Å². The zero-order valence-electron chi connectivity index (χ0n) is 6.42. The highest BCUT2D eigenvalue weighted by atomic mass is 16.3. The average Bonchev–Trinajstić information content (AvgIpc) is 1.85. The van der Waals surface area contributed by atoms with Crippen LogP contribution < -0.4 is 5.56 Å². The minimum Gasteiger partial charge on any atom is -0.508 e. The molecule has 1 rings (SSSR count). The lowest BCUT2D eigenvalue weighted by Gasteiger charge is -1.97. The van der Waals surface area contributed by atoms with E-state index in [0.717, 1.165) is 18.5 Å². The highest BCUT2D eigenvalue weighted by molar-refractivity contribution is 5.20. The van der Waals surface area contributed by atoms with Crippen LogP contribution in [0.25, 0.3) is 0 Å². The Bertz CT molecular complexity index is 290. The standard InChI is InChI=1S/C8H11NO2/c1-2-3-6-4-7(10)5-8(11)9-6/h4-5H,2-3H2,1H3,(H2,9,10,11). The van der Waals surface area contributed by atoms with E-state index in [1.807, 2.05) is 6.92 Å². The van der Waals surface area contributed by atoms with Gasteiger partial charge >= 0.3 is 0 Å². The SMILES string of the molecule is CCCc1cc(O)cc(=O)[nH]1. The highest BCUT2D eigenvalue weighted by Gasteiger charge is 1.95. The molecule has 1 aromatic heterocycles. The van der Waals surface area contributed by atoms with Gasteiger partial charge in [0.25, 0.3) is 5.56 Å². The summed E-state index contributed by atoms with van der Waals surface area (Å²) in [6, 6.07) is 2.74. The maximum atomic E-state index is 10.8. The molecule has 0 saturated heterocycles. The first kappa shape index (κ1) is 7.85. The van der Waals surface area contributed by atoms with Crippen molar-refractivity contribution in [2.75, 3.05) is 0 Å². The normalized spacial score (nSPS) is 9.91. The van der Waals surface area contributed by atoms with Crippen molar-refractivity contribution in [3.8, 4) is 5.75 Å². The summed E-state index contributed by atoms with van der Waals surface area (Å²) in [5.74, 6) is 0.0391. The van der Waals surface area contributed by atoms with Crippen LogP contribution in [0.5, 0.6) is 5.75 Å². The smallest absolute Gasteiger partial charge is 0.251 e. The van der Waals surface area contributed by atoms with Crippen LogP contribution in [0.1, 0.15) is 19.0 Å². The lowest BCUT2D eigenvalue weighted by Crippen LogP contribution is -2.06. The predicted octanol–water partition coefficient (Wildman–Crippen LogP) is 1.03. The van der Waals surface area contributed by atoms with Crippen molar-refractivity contribution in [2.24, 2.45) is 0 Å². The average molecular weight is 153 g/mol. The van der Waals surface area contributed by atoms with Gasteiger partial charge in [0.15, 0.2) is 0 Å². The van der Waals surface area contributed by atoms with Gasteiger partial charge < -0.3 is 10.1 Å². The third kappa shape index (κ3) is 2.11. The van der Waals surface area contributed by atoms with Crippen molar-refractivity contribution in [3.63, 3.8) is 0 Å². The van der Waals surface area contributed by atoms with Crippen LogP contribution >= 0.6 is 0 Å². The molecule has 11 heavy (non-hydrogen) atoms. The number of aromatic amines is 1. The van der Waals surface area contributed by atoms with Gasteiger partial charge in [-0.1, -0.05) is 13.3 Å². The fourth-order valence-corrected chi connectivity index (χ4v) is 0.989. The fourth-order valence-electron chi connectivity index (χ4n) is 0.989. The Morgan fingerprint density at radius 1 is 1.55 bits per heavy atom. The van der Waals surface area contributed by atoms with E-state index in [1.54, 1.807) is 6.07 Å². The van der Waals surface area contributed by atoms with Gasteiger partial charge in [0, 0.05) is 11.8 Å².